The highest BCUT2D eigenvalue weighted by molar-refractivity contribution is 9.10. The molecular weight excluding hydrogens is 284 g/mol. The van der Waals surface area contributed by atoms with Crippen molar-refractivity contribution in [3.63, 3.8) is 0 Å². The van der Waals surface area contributed by atoms with Crippen LogP contribution in [0, 0.1) is 0 Å². The van der Waals surface area contributed by atoms with Gasteiger partial charge in [-0.25, -0.2) is 4.68 Å². The molecule has 90 valence electrons. The molecule has 0 atom stereocenters. The second-order valence-corrected chi connectivity index (χ2v) is 4.41. The van der Waals surface area contributed by atoms with Gasteiger partial charge in [-0.05, 0) is 57.9 Å². The van der Waals surface area contributed by atoms with Crippen LogP contribution in [0.25, 0.3) is 11.5 Å². The number of halogens is 1. The Balaban J connectivity index is 2.22. The lowest BCUT2D eigenvalue weighted by atomic mass is 10.3. The van der Waals surface area contributed by atoms with Gasteiger partial charge in [0.1, 0.15) is 5.69 Å². The monoisotopic (exact) mass is 296 g/mol. The van der Waals surface area contributed by atoms with Crippen LogP contribution in [0.2, 0.25) is 0 Å². The van der Waals surface area contributed by atoms with Crippen LogP contribution < -0.4 is 5.73 Å². The van der Waals surface area contributed by atoms with Crippen LogP contribution in [-0.2, 0) is 6.54 Å². The molecule has 0 fully saturated rings. The second kappa shape index (κ2) is 5.83. The zero-order chi connectivity index (χ0) is 12.1. The summed E-state index contributed by atoms with van der Waals surface area (Å²) >= 11 is 3.44. The SMILES string of the molecule is NCCCCn1nnnc1-c1ncccc1Br. The van der Waals surface area contributed by atoms with Gasteiger partial charge in [-0.3, -0.25) is 4.98 Å². The van der Waals surface area contributed by atoms with Crippen LogP contribution in [0.5, 0.6) is 0 Å². The Hall–Kier alpha value is -1.34. The van der Waals surface area contributed by atoms with Crippen LogP contribution in [0.4, 0.5) is 0 Å². The molecule has 0 amide bonds. The van der Waals surface area contributed by atoms with Gasteiger partial charge < -0.3 is 5.73 Å². The minimum Gasteiger partial charge on any atom is -0.330 e. The number of unbranched alkanes of at least 4 members (excludes halogenated alkanes) is 1. The highest BCUT2D eigenvalue weighted by Crippen LogP contribution is 2.23. The summed E-state index contributed by atoms with van der Waals surface area (Å²) in [7, 11) is 0. The van der Waals surface area contributed by atoms with Gasteiger partial charge in [0.25, 0.3) is 0 Å². The quantitative estimate of drug-likeness (QED) is 0.839. The topological polar surface area (TPSA) is 82.5 Å². The Morgan fingerprint density at radius 1 is 1.35 bits per heavy atom. The summed E-state index contributed by atoms with van der Waals surface area (Å²) in [5.74, 6) is 0.675. The fourth-order valence-electron chi connectivity index (χ4n) is 1.48. The fraction of sp³-hybridized carbons (Fsp3) is 0.400. The number of hydrogen-bond donors (Lipinski definition) is 1. The Bertz CT molecular complexity index is 483. The summed E-state index contributed by atoms with van der Waals surface area (Å²) in [6.07, 6.45) is 3.64. The molecule has 6 nitrogen and oxygen atoms in total. The first-order valence-electron chi connectivity index (χ1n) is 5.40. The molecular formula is C10H13BrN6. The molecule has 0 aliphatic rings. The van der Waals surface area contributed by atoms with E-state index in [0.717, 1.165) is 29.6 Å². The first kappa shape index (κ1) is 12.1. The predicted octanol–water partition coefficient (Wildman–Crippen LogP) is 1.24. The number of hydrogen-bond acceptors (Lipinski definition) is 5. The molecule has 0 radical (unpaired) electrons. The summed E-state index contributed by atoms with van der Waals surface area (Å²) in [5, 5.41) is 11.7. The zero-order valence-electron chi connectivity index (χ0n) is 9.25. The van der Waals surface area contributed by atoms with Crippen molar-refractivity contribution in [1.82, 2.24) is 25.2 Å². The van der Waals surface area contributed by atoms with Crippen LogP contribution in [0.15, 0.2) is 22.8 Å². The van der Waals surface area contributed by atoms with Gasteiger partial charge in [-0.15, -0.1) is 5.10 Å². The lowest BCUT2D eigenvalue weighted by Crippen LogP contribution is -2.06. The molecule has 0 aliphatic heterocycles. The third kappa shape index (κ3) is 2.86. The lowest BCUT2D eigenvalue weighted by Gasteiger charge is -2.04. The summed E-state index contributed by atoms with van der Waals surface area (Å²) in [4.78, 5) is 4.27. The van der Waals surface area contributed by atoms with Gasteiger partial charge in [-0.2, -0.15) is 0 Å². The maximum Gasteiger partial charge on any atom is 0.201 e. The second-order valence-electron chi connectivity index (χ2n) is 3.56. The van der Waals surface area contributed by atoms with Crippen molar-refractivity contribution in [1.29, 1.82) is 0 Å². The lowest BCUT2D eigenvalue weighted by molar-refractivity contribution is 0.548. The van der Waals surface area contributed by atoms with Gasteiger partial charge in [0.15, 0.2) is 0 Å². The van der Waals surface area contributed by atoms with Crippen molar-refractivity contribution in [2.45, 2.75) is 19.4 Å². The van der Waals surface area contributed by atoms with Gasteiger partial charge in [-0.1, -0.05) is 0 Å². The molecule has 0 unspecified atom stereocenters. The maximum absolute atomic E-state index is 5.46. The zero-order valence-corrected chi connectivity index (χ0v) is 10.8. The van der Waals surface area contributed by atoms with E-state index in [1.807, 2.05) is 12.1 Å². The molecule has 0 aromatic carbocycles. The third-order valence-corrected chi connectivity index (χ3v) is 2.97. The Morgan fingerprint density at radius 3 is 3.00 bits per heavy atom. The van der Waals surface area contributed by atoms with E-state index >= 15 is 0 Å². The van der Waals surface area contributed by atoms with E-state index in [2.05, 4.69) is 36.4 Å². The minimum atomic E-state index is 0.675. The molecule has 7 heteroatoms. The van der Waals surface area contributed by atoms with E-state index in [0.29, 0.717) is 12.4 Å². The number of nitrogens with two attached hydrogens (primary N) is 1. The first-order chi connectivity index (χ1) is 8.33. The third-order valence-electron chi connectivity index (χ3n) is 2.33. The predicted molar refractivity (Wildman–Crippen MR) is 67.0 cm³/mol. The number of rotatable bonds is 5. The molecule has 2 N–H and O–H groups in total. The summed E-state index contributed by atoms with van der Waals surface area (Å²) in [6.45, 7) is 1.44. The molecule has 0 saturated heterocycles. The molecule has 0 bridgehead atoms. The smallest absolute Gasteiger partial charge is 0.201 e. The van der Waals surface area contributed by atoms with E-state index in [1.54, 1.807) is 10.9 Å². The van der Waals surface area contributed by atoms with Crippen molar-refractivity contribution in [3.8, 4) is 11.5 Å². The molecule has 2 rings (SSSR count). The van der Waals surface area contributed by atoms with E-state index in [1.165, 1.54) is 0 Å². The Kier molecular flexibility index (Phi) is 4.16. The van der Waals surface area contributed by atoms with E-state index in [9.17, 15) is 0 Å². The Morgan fingerprint density at radius 2 is 2.24 bits per heavy atom. The fourth-order valence-corrected chi connectivity index (χ4v) is 1.91. The van der Waals surface area contributed by atoms with E-state index < -0.39 is 0 Å². The van der Waals surface area contributed by atoms with Crippen molar-refractivity contribution in [2.75, 3.05) is 6.54 Å². The molecule has 17 heavy (non-hydrogen) atoms. The van der Waals surface area contributed by atoms with E-state index in [4.69, 9.17) is 5.73 Å². The normalized spacial score (nSPS) is 10.7. The summed E-state index contributed by atoms with van der Waals surface area (Å²) in [6, 6.07) is 3.78. The van der Waals surface area contributed by atoms with Crippen LogP contribution in [0.3, 0.4) is 0 Å². The average Bonchev–Trinajstić information content (AvgIpc) is 2.78. The first-order valence-corrected chi connectivity index (χ1v) is 6.19. The number of nitrogens with zero attached hydrogens (tertiary/aromatic N) is 5. The van der Waals surface area contributed by atoms with Gasteiger partial charge in [0.05, 0.1) is 0 Å². The molecule has 0 spiro atoms. The van der Waals surface area contributed by atoms with Gasteiger partial charge in [0.2, 0.25) is 5.82 Å². The largest absolute Gasteiger partial charge is 0.330 e. The number of tetrazole rings is 1. The van der Waals surface area contributed by atoms with Crippen LogP contribution in [0.1, 0.15) is 12.8 Å². The highest BCUT2D eigenvalue weighted by atomic mass is 79.9. The number of pyridine rings is 1. The van der Waals surface area contributed by atoms with Gasteiger partial charge >= 0.3 is 0 Å². The Labute approximate surface area is 107 Å². The van der Waals surface area contributed by atoms with Crippen molar-refractivity contribution in [3.05, 3.63) is 22.8 Å². The van der Waals surface area contributed by atoms with Gasteiger partial charge in [0, 0.05) is 17.2 Å². The van der Waals surface area contributed by atoms with E-state index in [-0.39, 0.29) is 0 Å². The summed E-state index contributed by atoms with van der Waals surface area (Å²) < 4.78 is 2.64. The summed E-state index contributed by atoms with van der Waals surface area (Å²) in [5.41, 5.74) is 6.22. The highest BCUT2D eigenvalue weighted by Gasteiger charge is 2.12. The molecule has 0 aliphatic carbocycles. The van der Waals surface area contributed by atoms with Crippen LogP contribution >= 0.6 is 15.9 Å². The molecule has 2 aromatic rings. The standard InChI is InChI=1S/C10H13BrN6/c11-8-4-3-6-13-9(8)10-14-15-16-17(10)7-2-1-5-12/h3-4,6H,1-2,5,7,12H2. The van der Waals surface area contributed by atoms with Crippen LogP contribution in [-0.4, -0.2) is 31.7 Å². The van der Waals surface area contributed by atoms with Crippen molar-refractivity contribution >= 4 is 15.9 Å². The molecule has 0 saturated carbocycles. The molecule has 2 heterocycles. The minimum absolute atomic E-state index is 0.675. The maximum atomic E-state index is 5.46. The molecule has 2 aromatic heterocycles. The van der Waals surface area contributed by atoms with Crippen molar-refractivity contribution < 1.29 is 0 Å². The van der Waals surface area contributed by atoms with Crippen molar-refractivity contribution in [2.24, 2.45) is 5.73 Å². The average molecular weight is 297 g/mol. The number of aryl methyl sites for hydroxylation is 1. The number of aromatic nitrogens is 5.